The van der Waals surface area contributed by atoms with E-state index in [2.05, 4.69) is 5.32 Å². The van der Waals surface area contributed by atoms with Crippen LogP contribution in [0.5, 0.6) is 0 Å². The Morgan fingerprint density at radius 1 is 1.35 bits per heavy atom. The van der Waals surface area contributed by atoms with Gasteiger partial charge in [-0.05, 0) is 19.4 Å². The molecule has 1 aliphatic heterocycles. The van der Waals surface area contributed by atoms with Gasteiger partial charge in [-0.25, -0.2) is 0 Å². The van der Waals surface area contributed by atoms with Crippen LogP contribution >= 0.6 is 19.4 Å². The molecule has 0 aromatic heterocycles. The van der Waals surface area contributed by atoms with Gasteiger partial charge in [0, 0.05) is 11.8 Å². The van der Waals surface area contributed by atoms with E-state index in [0.29, 0.717) is 24.7 Å². The second-order valence-electron chi connectivity index (χ2n) is 3.87. The highest BCUT2D eigenvalue weighted by atomic mass is 32.3. The predicted molar refractivity (Wildman–Crippen MR) is 65.5 cm³/mol. The van der Waals surface area contributed by atoms with Gasteiger partial charge < -0.3 is 15.1 Å². The van der Waals surface area contributed by atoms with Crippen LogP contribution in [0, 0.1) is 0 Å². The molecule has 0 amide bonds. The van der Waals surface area contributed by atoms with Crippen molar-refractivity contribution in [1.82, 2.24) is 5.32 Å². The molecule has 4 N–H and O–H groups in total. The quantitative estimate of drug-likeness (QED) is 0.429. The van der Waals surface area contributed by atoms with Gasteiger partial charge in [0.1, 0.15) is 0 Å². The molecule has 2 atom stereocenters. The molecule has 10 heteroatoms. The molecule has 1 saturated heterocycles. The minimum atomic E-state index is -4.88. The summed E-state index contributed by atoms with van der Waals surface area (Å²) in [4.78, 5) is 17.9. The van der Waals surface area contributed by atoms with Crippen molar-refractivity contribution >= 4 is 29.5 Å². The van der Waals surface area contributed by atoms with E-state index in [0.717, 1.165) is 19.4 Å². The molecule has 2 unspecified atom stereocenters. The van der Waals surface area contributed by atoms with Gasteiger partial charge in [-0.15, -0.1) is 11.8 Å². The molecule has 17 heavy (non-hydrogen) atoms. The van der Waals surface area contributed by atoms with E-state index < -0.39 is 22.0 Å². The maximum atomic E-state index is 11.1. The first-order chi connectivity index (χ1) is 7.71. The van der Waals surface area contributed by atoms with E-state index in [-0.39, 0.29) is 5.25 Å². The van der Waals surface area contributed by atoms with Crippen LogP contribution in [0.3, 0.4) is 0 Å². The van der Waals surface area contributed by atoms with Crippen LogP contribution in [0.1, 0.15) is 19.3 Å². The third kappa shape index (κ3) is 5.25. The minimum absolute atomic E-state index is 0.225. The molecule has 0 aliphatic carbocycles. The average Bonchev–Trinajstić information content (AvgIpc) is 2.38. The summed E-state index contributed by atoms with van der Waals surface area (Å²) in [6.07, 6.45) is 2.48. The monoisotopic (exact) mass is 305 g/mol. The molecular formula is C7H16NO6PS2. The molecule has 0 aromatic rings. The Labute approximate surface area is 104 Å². The van der Waals surface area contributed by atoms with E-state index >= 15 is 0 Å². The Balaban J connectivity index is 2.76. The van der Waals surface area contributed by atoms with Crippen LogP contribution in [-0.2, 0) is 14.7 Å². The van der Waals surface area contributed by atoms with Gasteiger partial charge in [0.25, 0.3) is 10.1 Å². The molecule has 1 fully saturated rings. The first kappa shape index (κ1) is 15.4. The normalized spacial score (nSPS) is 25.2. The third-order valence-corrected chi connectivity index (χ3v) is 8.29. The van der Waals surface area contributed by atoms with Crippen LogP contribution in [0.2, 0.25) is 0 Å². The molecule has 0 radical (unpaired) electrons. The second kappa shape index (κ2) is 6.01. The lowest BCUT2D eigenvalue weighted by atomic mass is 10.2. The lowest BCUT2D eigenvalue weighted by molar-refractivity contribution is 0.373. The Kier molecular flexibility index (Phi) is 5.45. The topological polar surface area (TPSA) is 124 Å². The average molecular weight is 305 g/mol. The third-order valence-electron chi connectivity index (χ3n) is 2.34. The van der Waals surface area contributed by atoms with Crippen molar-refractivity contribution in [2.75, 3.05) is 13.1 Å². The largest absolute Gasteiger partial charge is 0.356 e. The highest BCUT2D eigenvalue weighted by molar-refractivity contribution is 8.19. The lowest BCUT2D eigenvalue weighted by Crippen LogP contribution is -2.27. The van der Waals surface area contributed by atoms with Crippen molar-refractivity contribution in [3.05, 3.63) is 0 Å². The molecule has 102 valence electrons. The molecule has 1 heterocycles. The zero-order valence-corrected chi connectivity index (χ0v) is 11.5. The Hall–Kier alpha value is 0.370. The van der Waals surface area contributed by atoms with Crippen molar-refractivity contribution < 1.29 is 27.3 Å². The summed E-state index contributed by atoms with van der Waals surface area (Å²) in [5, 5.41) is 2.83. The Morgan fingerprint density at radius 2 is 2.00 bits per heavy atom. The van der Waals surface area contributed by atoms with Crippen molar-refractivity contribution in [1.29, 1.82) is 0 Å². The van der Waals surface area contributed by atoms with Crippen LogP contribution in [0.25, 0.3) is 0 Å². The number of hydrogen-bond donors (Lipinski definition) is 4. The van der Waals surface area contributed by atoms with Crippen molar-refractivity contribution in [2.24, 2.45) is 0 Å². The molecule has 0 saturated carbocycles. The molecule has 1 rings (SSSR count). The van der Waals surface area contributed by atoms with Crippen LogP contribution in [0.4, 0.5) is 0 Å². The van der Waals surface area contributed by atoms with Gasteiger partial charge in [-0.1, -0.05) is 6.42 Å². The molecule has 0 aromatic carbocycles. The van der Waals surface area contributed by atoms with E-state index in [4.69, 9.17) is 14.3 Å². The molecule has 0 spiro atoms. The van der Waals surface area contributed by atoms with E-state index in [1.54, 1.807) is 0 Å². The maximum absolute atomic E-state index is 11.1. The van der Waals surface area contributed by atoms with Gasteiger partial charge in [0.15, 0.2) is 0 Å². The van der Waals surface area contributed by atoms with Crippen LogP contribution < -0.4 is 5.32 Å². The molecule has 1 aliphatic rings. The maximum Gasteiger partial charge on any atom is 0.356 e. The van der Waals surface area contributed by atoms with Crippen LogP contribution in [0.15, 0.2) is 0 Å². The summed E-state index contributed by atoms with van der Waals surface area (Å²) in [5.74, 6) is 0. The van der Waals surface area contributed by atoms with Gasteiger partial charge in [-0.2, -0.15) is 8.42 Å². The minimum Gasteiger partial charge on any atom is -0.323 e. The Bertz CT molecular complexity index is 385. The summed E-state index contributed by atoms with van der Waals surface area (Å²) >= 11 is 0.629. The molecular weight excluding hydrogens is 289 g/mol. The van der Waals surface area contributed by atoms with Gasteiger partial charge in [0.05, 0.1) is 0 Å². The number of nitrogens with one attached hydrogen (secondary N) is 1. The number of hydrogen-bond acceptors (Lipinski definition) is 5. The number of rotatable bonds is 4. The summed E-state index contributed by atoms with van der Waals surface area (Å²) in [6.45, 7) is 1.29. The molecule has 0 bridgehead atoms. The predicted octanol–water partition coefficient (Wildman–Crippen LogP) is 0.211. The fourth-order valence-electron chi connectivity index (χ4n) is 1.59. The zero-order valence-electron chi connectivity index (χ0n) is 9.02. The lowest BCUT2D eigenvalue weighted by Gasteiger charge is -2.20. The van der Waals surface area contributed by atoms with Gasteiger partial charge in [0.2, 0.25) is 4.32 Å². The second-order valence-corrected chi connectivity index (χ2v) is 9.47. The summed E-state index contributed by atoms with van der Waals surface area (Å²) in [7, 11) is -9.64. The fraction of sp³-hybridized carbons (Fsp3) is 1.00. The first-order valence-electron chi connectivity index (χ1n) is 5.09. The SMILES string of the molecule is O=P(O)(O)C(SC1CCCCNC1)S(=O)(=O)O. The summed E-state index contributed by atoms with van der Waals surface area (Å²) in [6, 6.07) is 0. The fourth-order valence-corrected chi connectivity index (χ4v) is 6.01. The van der Waals surface area contributed by atoms with Gasteiger partial charge >= 0.3 is 7.60 Å². The summed E-state index contributed by atoms with van der Waals surface area (Å²) in [5.41, 5.74) is 0. The smallest absolute Gasteiger partial charge is 0.323 e. The van der Waals surface area contributed by atoms with Crippen molar-refractivity contribution in [3.63, 3.8) is 0 Å². The van der Waals surface area contributed by atoms with E-state index in [9.17, 15) is 13.0 Å². The van der Waals surface area contributed by atoms with E-state index in [1.807, 2.05) is 0 Å². The standard InChI is InChI=1S/C7H16NO6PS2/c9-15(10,11)7(17(12,13)14)16-6-3-1-2-4-8-5-6/h6-8H,1-5H2,(H2,9,10,11)(H,12,13,14). The van der Waals surface area contributed by atoms with E-state index in [1.165, 1.54) is 0 Å². The highest BCUT2D eigenvalue weighted by Gasteiger charge is 2.42. The van der Waals surface area contributed by atoms with Crippen LogP contribution in [-0.4, -0.2) is 45.4 Å². The van der Waals surface area contributed by atoms with Crippen molar-refractivity contribution in [2.45, 2.75) is 28.8 Å². The summed E-state index contributed by atoms with van der Waals surface area (Å²) < 4.78 is 39.7. The van der Waals surface area contributed by atoms with Gasteiger partial charge in [-0.3, -0.25) is 9.12 Å². The highest BCUT2D eigenvalue weighted by Crippen LogP contribution is 2.51. The first-order valence-corrected chi connectivity index (χ1v) is 9.21. The molecule has 7 nitrogen and oxygen atoms in total. The zero-order chi connectivity index (χ0) is 13.1. The number of thioether (sulfide) groups is 1. The Morgan fingerprint density at radius 3 is 2.53 bits per heavy atom. The van der Waals surface area contributed by atoms with Crippen molar-refractivity contribution in [3.8, 4) is 0 Å².